The maximum Gasteiger partial charge on any atom is 0.0645 e. The lowest BCUT2D eigenvalue weighted by Gasteiger charge is -2.35. The van der Waals surface area contributed by atoms with E-state index >= 15 is 0 Å². The highest BCUT2D eigenvalue weighted by Gasteiger charge is 2.29. The average Bonchev–Trinajstić information content (AvgIpc) is 3.42. The Bertz CT molecular complexity index is 3340. The van der Waals surface area contributed by atoms with Crippen molar-refractivity contribution in [2.24, 2.45) is 0 Å². The van der Waals surface area contributed by atoms with Crippen molar-refractivity contribution < 1.29 is 0 Å². The summed E-state index contributed by atoms with van der Waals surface area (Å²) in [4.78, 5) is 23.5. The van der Waals surface area contributed by atoms with Gasteiger partial charge in [0.1, 0.15) is 0 Å². The molecule has 12 rings (SSSR count). The molecule has 0 saturated carbocycles. The second-order valence-corrected chi connectivity index (χ2v) is 16.6. The number of hydrogen-bond acceptors (Lipinski definition) is 8. The fraction of sp³-hybridized carbons (Fsp3) is 0.0167. The third-order valence-electron chi connectivity index (χ3n) is 12.6. The minimum absolute atomic E-state index is 0.649. The monoisotopic (exact) mass is 876 g/mol. The molecule has 0 unspecified atom stereocenters. The highest BCUT2D eigenvalue weighted by atomic mass is 15.2. The number of allylic oxidation sites excluding steroid dienone is 2. The zero-order valence-corrected chi connectivity index (χ0v) is 37.0. The van der Waals surface area contributed by atoms with E-state index in [1.807, 2.05) is 61.6 Å². The Labute approximate surface area is 395 Å². The molecule has 68 heavy (non-hydrogen) atoms. The van der Waals surface area contributed by atoms with E-state index in [0.717, 1.165) is 101 Å². The van der Waals surface area contributed by atoms with E-state index in [1.165, 1.54) is 0 Å². The van der Waals surface area contributed by atoms with Gasteiger partial charge in [0.05, 0.1) is 64.9 Å². The van der Waals surface area contributed by atoms with Crippen LogP contribution in [0.3, 0.4) is 0 Å². The van der Waals surface area contributed by atoms with Crippen molar-refractivity contribution in [3.8, 4) is 0 Å². The van der Waals surface area contributed by atoms with Crippen molar-refractivity contribution in [2.45, 2.75) is 0 Å². The van der Waals surface area contributed by atoms with Gasteiger partial charge in [0.15, 0.2) is 0 Å². The van der Waals surface area contributed by atoms with E-state index < -0.39 is 0 Å². The molecule has 0 radical (unpaired) electrons. The van der Waals surface area contributed by atoms with E-state index in [9.17, 15) is 0 Å². The Morgan fingerprint density at radius 1 is 0.338 bits per heavy atom. The number of rotatable bonds is 12. The molecule has 8 heteroatoms. The SMILES string of the molecule is C1=CNCC(N(c2ccccc2)c2cc(N(c3ccccc3)c3cccnc3)c3ccc4c(N(c5ccccc5)c5cccnc5)cc(N(c5ccccc5)c5cccnc5)c5ccc2c3c54)=C1. The van der Waals surface area contributed by atoms with Crippen LogP contribution in [0.5, 0.6) is 0 Å². The molecule has 1 aliphatic rings. The average molecular weight is 877 g/mol. The summed E-state index contributed by atoms with van der Waals surface area (Å²) in [5.74, 6) is 0. The molecular weight excluding hydrogens is 833 g/mol. The van der Waals surface area contributed by atoms with Gasteiger partial charge in [-0.25, -0.2) is 0 Å². The second-order valence-electron chi connectivity index (χ2n) is 16.6. The standard InChI is InChI=1S/C60H44N8/c1-5-17-43(18-6-1)65(47-25-13-33-61-39-47)55-37-56(66(44-19-7-2-8-20-44)48-26-14-34-62-40-48)52-31-32-54-58(68(46-23-11-4-12-24-46)50-28-16-36-64-42-50)38-57(53-30-29-51(55)59(52)60(53)54)67(45-21-9-3-10-22-45)49-27-15-35-63-41-49/h1-41,64H,42H2. The van der Waals surface area contributed by atoms with Gasteiger partial charge in [-0.2, -0.15) is 0 Å². The summed E-state index contributed by atoms with van der Waals surface area (Å²) in [6.07, 6.45) is 17.6. The highest BCUT2D eigenvalue weighted by Crippen LogP contribution is 2.54. The van der Waals surface area contributed by atoms with Crippen LogP contribution < -0.4 is 24.9 Å². The smallest absolute Gasteiger partial charge is 0.0645 e. The fourth-order valence-electron chi connectivity index (χ4n) is 9.77. The first-order valence-corrected chi connectivity index (χ1v) is 22.8. The molecule has 4 heterocycles. The predicted octanol–water partition coefficient (Wildman–Crippen LogP) is 15.3. The Morgan fingerprint density at radius 3 is 0.971 bits per heavy atom. The minimum atomic E-state index is 0.649. The van der Waals surface area contributed by atoms with Crippen molar-refractivity contribution >= 4 is 94.9 Å². The molecule has 0 atom stereocenters. The summed E-state index contributed by atoms with van der Waals surface area (Å²) in [6.45, 7) is 0.649. The molecule has 324 valence electrons. The summed E-state index contributed by atoms with van der Waals surface area (Å²) in [6, 6.07) is 68.9. The van der Waals surface area contributed by atoms with Crippen LogP contribution in [0.15, 0.2) is 255 Å². The summed E-state index contributed by atoms with van der Waals surface area (Å²) in [7, 11) is 0. The number of aromatic nitrogens is 3. The Hall–Kier alpha value is -9.27. The van der Waals surface area contributed by atoms with Crippen LogP contribution in [0.4, 0.5) is 62.6 Å². The van der Waals surface area contributed by atoms with Crippen molar-refractivity contribution in [3.05, 3.63) is 255 Å². The molecule has 1 N–H and O–H groups in total. The number of pyridine rings is 3. The van der Waals surface area contributed by atoms with Crippen LogP contribution >= 0.6 is 0 Å². The lowest BCUT2D eigenvalue weighted by Crippen LogP contribution is -2.26. The molecule has 0 fully saturated rings. The van der Waals surface area contributed by atoms with Crippen LogP contribution in [0.25, 0.3) is 32.3 Å². The van der Waals surface area contributed by atoms with Gasteiger partial charge >= 0.3 is 0 Å². The molecule has 11 aromatic rings. The third-order valence-corrected chi connectivity index (χ3v) is 12.6. The molecule has 0 saturated heterocycles. The van der Waals surface area contributed by atoms with Crippen LogP contribution in [0, 0.1) is 0 Å². The van der Waals surface area contributed by atoms with Crippen molar-refractivity contribution in [1.82, 2.24) is 20.3 Å². The summed E-state index contributed by atoms with van der Waals surface area (Å²) in [5.41, 5.74) is 12.2. The van der Waals surface area contributed by atoms with Crippen LogP contribution in [-0.2, 0) is 0 Å². The molecule has 8 nitrogen and oxygen atoms in total. The molecular formula is C60H44N8. The van der Waals surface area contributed by atoms with Gasteiger partial charge < -0.3 is 24.9 Å². The van der Waals surface area contributed by atoms with Crippen molar-refractivity contribution in [3.63, 3.8) is 0 Å². The summed E-state index contributed by atoms with van der Waals surface area (Å²) < 4.78 is 0. The van der Waals surface area contributed by atoms with Crippen LogP contribution in [0.1, 0.15) is 0 Å². The summed E-state index contributed by atoms with van der Waals surface area (Å²) in [5, 5.41) is 10.2. The highest BCUT2D eigenvalue weighted by molar-refractivity contribution is 6.33. The van der Waals surface area contributed by atoms with Gasteiger partial charge in [0.25, 0.3) is 0 Å². The fourth-order valence-corrected chi connectivity index (χ4v) is 9.77. The maximum atomic E-state index is 4.68. The number of hydrogen-bond donors (Lipinski definition) is 1. The van der Waals surface area contributed by atoms with Gasteiger partial charge in [-0.05, 0) is 115 Å². The number of benzene rings is 8. The lowest BCUT2D eigenvalue weighted by atomic mass is 9.89. The summed E-state index contributed by atoms with van der Waals surface area (Å²) >= 11 is 0. The predicted molar refractivity (Wildman–Crippen MR) is 281 cm³/mol. The van der Waals surface area contributed by atoms with E-state index in [4.69, 9.17) is 0 Å². The topological polar surface area (TPSA) is 63.7 Å². The molecule has 1 aliphatic heterocycles. The van der Waals surface area contributed by atoms with E-state index in [2.05, 4.69) is 228 Å². The Kier molecular flexibility index (Phi) is 10.4. The molecule has 3 aromatic heterocycles. The first-order valence-electron chi connectivity index (χ1n) is 22.8. The first kappa shape index (κ1) is 40.3. The van der Waals surface area contributed by atoms with Gasteiger partial charge in [-0.15, -0.1) is 0 Å². The minimum Gasteiger partial charge on any atom is -0.385 e. The van der Waals surface area contributed by atoms with Gasteiger partial charge in [-0.1, -0.05) is 97.1 Å². The number of dihydropyridines is 1. The molecule has 0 amide bonds. The molecule has 0 aliphatic carbocycles. The number of para-hydroxylation sites is 4. The van der Waals surface area contributed by atoms with Crippen LogP contribution in [0.2, 0.25) is 0 Å². The Morgan fingerprint density at radius 2 is 0.662 bits per heavy atom. The van der Waals surface area contributed by atoms with Crippen molar-refractivity contribution in [1.29, 1.82) is 0 Å². The largest absolute Gasteiger partial charge is 0.385 e. The Balaban J connectivity index is 1.28. The number of nitrogens with zero attached hydrogens (tertiary/aromatic N) is 7. The van der Waals surface area contributed by atoms with E-state index in [0.29, 0.717) is 6.54 Å². The van der Waals surface area contributed by atoms with Crippen molar-refractivity contribution in [2.75, 3.05) is 26.1 Å². The lowest BCUT2D eigenvalue weighted by molar-refractivity contribution is 0.891. The number of nitrogens with one attached hydrogen (secondary N) is 1. The van der Waals surface area contributed by atoms with E-state index in [1.54, 1.807) is 0 Å². The van der Waals surface area contributed by atoms with Crippen LogP contribution in [-0.4, -0.2) is 21.5 Å². The van der Waals surface area contributed by atoms with Gasteiger partial charge in [-0.3, -0.25) is 15.0 Å². The zero-order valence-electron chi connectivity index (χ0n) is 37.0. The zero-order chi connectivity index (χ0) is 45.2. The third kappa shape index (κ3) is 7.17. The van der Waals surface area contributed by atoms with Gasteiger partial charge in [0.2, 0.25) is 0 Å². The maximum absolute atomic E-state index is 4.68. The van der Waals surface area contributed by atoms with E-state index in [-0.39, 0.29) is 0 Å². The quantitative estimate of drug-likeness (QED) is 0.122. The molecule has 8 aromatic carbocycles. The normalized spacial score (nSPS) is 12.2. The first-order chi connectivity index (χ1) is 33.8. The molecule has 0 spiro atoms. The molecule has 0 bridgehead atoms. The number of anilines is 11. The van der Waals surface area contributed by atoms with Gasteiger partial charge in [0, 0.05) is 79.4 Å². The second kappa shape index (κ2) is 17.6.